The van der Waals surface area contributed by atoms with E-state index in [-0.39, 0.29) is 55.7 Å². The molecule has 2 aliphatic heterocycles. The second-order valence-corrected chi connectivity index (χ2v) is 18.7. The normalized spacial score (nSPS) is 21.2. The van der Waals surface area contributed by atoms with E-state index in [9.17, 15) is 42.7 Å². The molecule has 0 spiro atoms. The Morgan fingerprint density at radius 1 is 1.06 bits per heavy atom. The molecular weight excluding hydrogens is 958 g/mol. The number of hydrogen-bond donors (Lipinski definition) is 8. The van der Waals surface area contributed by atoms with Crippen LogP contribution in [0.15, 0.2) is 47.7 Å². The van der Waals surface area contributed by atoms with Crippen LogP contribution >= 0.6 is 43.3 Å². The fourth-order valence-corrected chi connectivity index (χ4v) is 8.64. The maximum Gasteiger partial charge on any atom is 0.557 e. The van der Waals surface area contributed by atoms with Crippen molar-refractivity contribution in [2.75, 3.05) is 58.9 Å². The fraction of sp³-hybridized carbons (Fsp3) is 0.464. The minimum Gasteiger partial charge on any atom is -0.390 e. The van der Waals surface area contributed by atoms with E-state index in [2.05, 4.69) is 63.9 Å². The molecule has 10 N–H and O–H groups in total. The number of aromatic nitrogens is 2. The van der Waals surface area contributed by atoms with Gasteiger partial charge in [0.2, 0.25) is 0 Å². The molecule has 1 fully saturated rings. The SMILES string of the molecule is CN1C=CN(CCOOP(=O)(OO)OOP(=O)(OO)OP(=O)(O)OCC2OC(n3cc(C#CCOP(=O)(O)OOSCc4cccc(C(=O)NCCN)c4)c(N)nc3=O)CC2O)C1. The number of carbonyl (C=O) groups excluding carboxylic acids is 1. The van der Waals surface area contributed by atoms with Crippen LogP contribution in [0.1, 0.15) is 34.1 Å². The smallest absolute Gasteiger partial charge is 0.390 e. The van der Waals surface area contributed by atoms with Crippen molar-refractivity contribution in [3.63, 3.8) is 0 Å². The molecule has 352 valence electrons. The van der Waals surface area contributed by atoms with Crippen LogP contribution < -0.4 is 22.5 Å². The maximum absolute atomic E-state index is 12.7. The van der Waals surface area contributed by atoms with Gasteiger partial charge in [0.15, 0.2) is 0 Å². The number of benzene rings is 1. The molecular formula is C28H41N7O23P4S. The summed E-state index contributed by atoms with van der Waals surface area (Å²) >= 11 is 0.626. The van der Waals surface area contributed by atoms with E-state index in [1.54, 1.807) is 48.6 Å². The van der Waals surface area contributed by atoms with Crippen molar-refractivity contribution in [1.29, 1.82) is 0 Å². The number of nitrogens with two attached hydrogens (primary N) is 2. The predicted molar refractivity (Wildman–Crippen MR) is 209 cm³/mol. The first-order valence-corrected chi connectivity index (χ1v) is 24.2. The number of nitrogens with one attached hydrogen (secondary N) is 1. The molecule has 3 heterocycles. The molecule has 35 heteroatoms. The Morgan fingerprint density at radius 2 is 1.81 bits per heavy atom. The number of rotatable bonds is 26. The zero-order valence-corrected chi connectivity index (χ0v) is 36.8. The Balaban J connectivity index is 1.24. The van der Waals surface area contributed by atoms with Crippen molar-refractivity contribution in [1.82, 2.24) is 24.7 Å². The first kappa shape index (κ1) is 52.4. The van der Waals surface area contributed by atoms with Gasteiger partial charge in [-0.1, -0.05) is 24.0 Å². The molecule has 1 aromatic heterocycles. The van der Waals surface area contributed by atoms with Crippen molar-refractivity contribution in [2.45, 2.75) is 30.6 Å². The summed E-state index contributed by atoms with van der Waals surface area (Å²) in [5.74, 6) is 4.24. The quantitative estimate of drug-likeness (QED) is 0.0164. The van der Waals surface area contributed by atoms with Gasteiger partial charge in [0.05, 0.1) is 24.9 Å². The van der Waals surface area contributed by atoms with Gasteiger partial charge in [-0.25, -0.2) is 38.5 Å². The summed E-state index contributed by atoms with van der Waals surface area (Å²) in [5.41, 5.74) is 11.1. The Morgan fingerprint density at radius 3 is 2.51 bits per heavy atom. The largest absolute Gasteiger partial charge is 0.557 e. The summed E-state index contributed by atoms with van der Waals surface area (Å²) in [4.78, 5) is 56.5. The van der Waals surface area contributed by atoms with E-state index in [4.69, 9.17) is 35.6 Å². The van der Waals surface area contributed by atoms with E-state index in [1.807, 2.05) is 4.90 Å². The van der Waals surface area contributed by atoms with Gasteiger partial charge in [-0.3, -0.25) is 18.4 Å². The zero-order chi connectivity index (χ0) is 46.3. The number of aliphatic hydroxyl groups excluding tert-OH is 1. The van der Waals surface area contributed by atoms with Gasteiger partial charge in [-0.05, 0) is 17.7 Å². The van der Waals surface area contributed by atoms with Crippen molar-refractivity contribution < 1.29 is 104 Å². The number of aliphatic hydroxyl groups is 1. The number of amides is 1. The van der Waals surface area contributed by atoms with Crippen molar-refractivity contribution in [3.8, 4) is 11.8 Å². The molecule has 1 saturated heterocycles. The van der Waals surface area contributed by atoms with E-state index < -0.39 is 68.6 Å². The summed E-state index contributed by atoms with van der Waals surface area (Å²) < 4.78 is 97.9. The topological polar surface area (TPSA) is 403 Å². The molecule has 7 atom stereocenters. The van der Waals surface area contributed by atoms with Gasteiger partial charge in [0, 0.05) is 75.1 Å². The van der Waals surface area contributed by atoms with E-state index in [0.29, 0.717) is 29.8 Å². The summed E-state index contributed by atoms with van der Waals surface area (Å²) in [5, 5.41) is 31.1. The molecule has 63 heavy (non-hydrogen) atoms. The summed E-state index contributed by atoms with van der Waals surface area (Å²) in [6, 6.07) is 6.47. The molecule has 0 bridgehead atoms. The Labute approximate surface area is 360 Å². The zero-order valence-electron chi connectivity index (χ0n) is 32.4. The number of phosphoric acid groups is 4. The number of carbonyl (C=O) groups is 1. The number of ether oxygens (including phenoxy) is 1. The molecule has 7 unspecified atom stereocenters. The lowest BCUT2D eigenvalue weighted by molar-refractivity contribution is -0.296. The fourth-order valence-electron chi connectivity index (χ4n) is 4.80. The van der Waals surface area contributed by atoms with Crippen LogP contribution in [-0.2, 0) is 79.4 Å². The first-order valence-electron chi connectivity index (χ1n) is 17.4. The number of nitrogen functional groups attached to an aromatic ring is 1. The molecule has 1 amide bonds. The second kappa shape index (κ2) is 24.4. The van der Waals surface area contributed by atoms with Crippen LogP contribution in [0.3, 0.4) is 0 Å². The lowest BCUT2D eigenvalue weighted by Gasteiger charge is -2.20. The number of hydrogen-bond acceptors (Lipinski definition) is 27. The van der Waals surface area contributed by atoms with Crippen LogP contribution in [0.25, 0.3) is 0 Å². The average molecular weight is 1000 g/mol. The molecule has 0 radical (unpaired) electrons. The van der Waals surface area contributed by atoms with Crippen LogP contribution in [0.2, 0.25) is 0 Å². The molecule has 0 saturated carbocycles. The van der Waals surface area contributed by atoms with Crippen LogP contribution in [0, 0.1) is 11.8 Å². The number of anilines is 1. The summed E-state index contributed by atoms with van der Waals surface area (Å²) in [6.07, 6.45) is -0.202. The maximum atomic E-state index is 12.7. The van der Waals surface area contributed by atoms with Gasteiger partial charge in [0.25, 0.3) is 5.91 Å². The molecule has 30 nitrogen and oxygen atoms in total. The number of phosphoric ester groups is 2. The first-order chi connectivity index (χ1) is 29.8. The van der Waals surface area contributed by atoms with Gasteiger partial charge < -0.3 is 46.2 Å². The van der Waals surface area contributed by atoms with E-state index >= 15 is 0 Å². The van der Waals surface area contributed by atoms with Gasteiger partial charge in [-0.15, -0.1) is 28.0 Å². The highest BCUT2D eigenvalue weighted by Gasteiger charge is 2.46. The van der Waals surface area contributed by atoms with E-state index in [1.165, 1.54) is 0 Å². The Bertz CT molecular complexity index is 2220. The van der Waals surface area contributed by atoms with Crippen LogP contribution in [0.5, 0.6) is 0 Å². The molecule has 4 rings (SSSR count). The summed E-state index contributed by atoms with van der Waals surface area (Å²) in [6.45, 7) is -0.839. The molecule has 0 aliphatic carbocycles. The lowest BCUT2D eigenvalue weighted by Crippen LogP contribution is -2.29. The molecule has 1 aromatic carbocycles. The molecule has 2 aromatic rings. The Kier molecular flexibility index (Phi) is 20.3. The Hall–Kier alpha value is -3.18. The van der Waals surface area contributed by atoms with Gasteiger partial charge >= 0.3 is 37.0 Å². The monoisotopic (exact) mass is 999 g/mol. The average Bonchev–Trinajstić information content (AvgIpc) is 3.84. The summed E-state index contributed by atoms with van der Waals surface area (Å²) in [7, 11) is -19.7. The minimum atomic E-state index is -5.77. The van der Waals surface area contributed by atoms with Crippen molar-refractivity contribution >= 4 is 55.1 Å². The van der Waals surface area contributed by atoms with Crippen molar-refractivity contribution in [2.24, 2.45) is 5.73 Å². The lowest BCUT2D eigenvalue weighted by atomic mass is 10.1. The standard InChI is InChI=1S/C28H41N7O23P4S/c1-33-9-10-34(19-33)11-13-47-53-61(45,51-39)54-55-62(46,52-40)58-60(43,44)49-17-24-23(36)15-25(50-24)35-16-22(26(30)32-28(35)38)6-3-12-48-59(41,42)56-57-63-18-20-4-2-5-21(14-20)27(37)31-8-7-29/h2,4-5,9-10,14,16,23-25,36,39-40H,7-8,11-13,15,17-19,29H2,1H3,(H,31,37)(H,41,42)(H,43,44)(H2,30,32,38). The highest BCUT2D eigenvalue weighted by molar-refractivity contribution is 7.93. The highest BCUT2D eigenvalue weighted by atomic mass is 32.2. The van der Waals surface area contributed by atoms with Gasteiger partial charge in [0.1, 0.15) is 31.4 Å². The van der Waals surface area contributed by atoms with E-state index in [0.717, 1.165) is 10.8 Å². The van der Waals surface area contributed by atoms with Gasteiger partial charge in [-0.2, -0.15) is 13.6 Å². The predicted octanol–water partition coefficient (Wildman–Crippen LogP) is 1.33. The second-order valence-electron chi connectivity index (χ2n) is 12.3. The number of nitrogens with zero attached hydrogens (tertiary/aromatic N) is 4. The minimum absolute atomic E-state index is 0.111. The third kappa shape index (κ3) is 17.3. The highest BCUT2D eigenvalue weighted by Crippen LogP contribution is 2.65. The third-order valence-corrected chi connectivity index (χ3v) is 12.5. The third-order valence-electron chi connectivity index (χ3n) is 7.60. The van der Waals surface area contributed by atoms with Crippen molar-refractivity contribution in [3.05, 3.63) is 70.0 Å². The van der Waals surface area contributed by atoms with Crippen LogP contribution in [0.4, 0.5) is 5.82 Å². The molecule has 2 aliphatic rings. The van der Waals surface area contributed by atoms with Crippen LogP contribution in [-0.4, -0.2) is 116 Å².